The highest BCUT2D eigenvalue weighted by molar-refractivity contribution is 5.86. The van der Waals surface area contributed by atoms with Gasteiger partial charge in [-0.05, 0) is 29.3 Å². The summed E-state index contributed by atoms with van der Waals surface area (Å²) in [6, 6.07) is 25.6. The lowest BCUT2D eigenvalue weighted by Gasteiger charge is -2.15. The first-order valence-electron chi connectivity index (χ1n) is 8.55. The Hall–Kier alpha value is -3.07. The average Bonchev–Trinajstić information content (AvgIpc) is 3.02. The van der Waals surface area contributed by atoms with Gasteiger partial charge in [-0.1, -0.05) is 66.7 Å². The van der Waals surface area contributed by atoms with Crippen molar-refractivity contribution in [2.75, 3.05) is 5.32 Å². The standard InChI is InChI=1S/C22H21N3/c1-16(17-8-4-3-5-9-17)24-22-23-15-21(25(22)2)20-13-12-18-10-6-7-11-19(18)14-20/h3-16H,1-2H3,(H,23,24). The molecule has 0 saturated heterocycles. The fourth-order valence-electron chi connectivity index (χ4n) is 3.18. The highest BCUT2D eigenvalue weighted by atomic mass is 15.2. The van der Waals surface area contributed by atoms with E-state index in [2.05, 4.69) is 95.6 Å². The molecule has 0 aliphatic heterocycles. The molecule has 3 nitrogen and oxygen atoms in total. The van der Waals surface area contributed by atoms with E-state index in [1.807, 2.05) is 12.3 Å². The molecule has 4 rings (SSSR count). The van der Waals surface area contributed by atoms with Crippen molar-refractivity contribution in [3.8, 4) is 11.3 Å². The maximum atomic E-state index is 4.59. The van der Waals surface area contributed by atoms with E-state index in [0.29, 0.717) is 0 Å². The molecule has 1 N–H and O–H groups in total. The third kappa shape index (κ3) is 3.01. The molecule has 0 aliphatic carbocycles. The Bertz CT molecular complexity index is 1000. The topological polar surface area (TPSA) is 29.9 Å². The van der Waals surface area contributed by atoms with Gasteiger partial charge in [0.15, 0.2) is 0 Å². The minimum atomic E-state index is 0.201. The molecule has 1 atom stereocenters. The van der Waals surface area contributed by atoms with Crippen LogP contribution in [0.2, 0.25) is 0 Å². The minimum Gasteiger partial charge on any atom is -0.349 e. The molecule has 0 amide bonds. The van der Waals surface area contributed by atoms with Crippen LogP contribution in [-0.2, 0) is 7.05 Å². The molecule has 3 aromatic carbocycles. The number of rotatable bonds is 4. The zero-order chi connectivity index (χ0) is 17.2. The van der Waals surface area contributed by atoms with Gasteiger partial charge in [-0.15, -0.1) is 0 Å². The van der Waals surface area contributed by atoms with Gasteiger partial charge in [0.2, 0.25) is 5.95 Å². The number of nitrogens with zero attached hydrogens (tertiary/aromatic N) is 2. The van der Waals surface area contributed by atoms with Gasteiger partial charge in [-0.3, -0.25) is 0 Å². The minimum absolute atomic E-state index is 0.201. The normalized spacial score (nSPS) is 12.2. The molecule has 3 heteroatoms. The fraction of sp³-hybridized carbons (Fsp3) is 0.136. The monoisotopic (exact) mass is 327 g/mol. The largest absolute Gasteiger partial charge is 0.349 e. The third-order valence-corrected chi connectivity index (χ3v) is 4.68. The van der Waals surface area contributed by atoms with Gasteiger partial charge < -0.3 is 9.88 Å². The SMILES string of the molecule is CC(Nc1ncc(-c2ccc3ccccc3c2)n1C)c1ccccc1. The molecule has 25 heavy (non-hydrogen) atoms. The second kappa shape index (κ2) is 6.44. The molecular formula is C22H21N3. The summed E-state index contributed by atoms with van der Waals surface area (Å²) in [5, 5.41) is 6.00. The van der Waals surface area contributed by atoms with Crippen LogP contribution >= 0.6 is 0 Å². The predicted octanol–water partition coefficient (Wildman–Crippen LogP) is 5.41. The van der Waals surface area contributed by atoms with Crippen LogP contribution in [0.5, 0.6) is 0 Å². The zero-order valence-electron chi connectivity index (χ0n) is 14.5. The highest BCUT2D eigenvalue weighted by Crippen LogP contribution is 2.27. The van der Waals surface area contributed by atoms with Crippen molar-refractivity contribution in [2.45, 2.75) is 13.0 Å². The second-order valence-corrected chi connectivity index (χ2v) is 6.36. The summed E-state index contributed by atoms with van der Waals surface area (Å²) in [6.07, 6.45) is 1.93. The third-order valence-electron chi connectivity index (χ3n) is 4.68. The lowest BCUT2D eigenvalue weighted by atomic mass is 10.1. The number of hydrogen-bond donors (Lipinski definition) is 1. The van der Waals surface area contributed by atoms with Crippen molar-refractivity contribution in [3.63, 3.8) is 0 Å². The van der Waals surface area contributed by atoms with Gasteiger partial charge in [0.1, 0.15) is 0 Å². The first-order valence-corrected chi connectivity index (χ1v) is 8.55. The summed E-state index contributed by atoms with van der Waals surface area (Å²) in [7, 11) is 2.05. The number of imidazole rings is 1. The van der Waals surface area contributed by atoms with Crippen LogP contribution in [0.25, 0.3) is 22.0 Å². The number of benzene rings is 3. The average molecular weight is 327 g/mol. The van der Waals surface area contributed by atoms with E-state index in [0.717, 1.165) is 11.6 Å². The molecule has 0 spiro atoms. The summed E-state index contributed by atoms with van der Waals surface area (Å²) in [5.41, 5.74) is 3.53. The molecule has 1 unspecified atom stereocenters. The zero-order valence-corrected chi connectivity index (χ0v) is 14.5. The molecule has 0 saturated carbocycles. The number of nitrogens with one attached hydrogen (secondary N) is 1. The van der Waals surface area contributed by atoms with Crippen LogP contribution < -0.4 is 5.32 Å². The molecule has 1 heterocycles. The lowest BCUT2D eigenvalue weighted by molar-refractivity contribution is 0.826. The molecule has 0 aliphatic rings. The highest BCUT2D eigenvalue weighted by Gasteiger charge is 2.12. The van der Waals surface area contributed by atoms with Gasteiger partial charge >= 0.3 is 0 Å². The van der Waals surface area contributed by atoms with Crippen LogP contribution in [0, 0.1) is 0 Å². The maximum Gasteiger partial charge on any atom is 0.203 e. The van der Waals surface area contributed by atoms with E-state index < -0.39 is 0 Å². The Morgan fingerprint density at radius 3 is 2.40 bits per heavy atom. The van der Waals surface area contributed by atoms with E-state index in [1.165, 1.54) is 21.9 Å². The van der Waals surface area contributed by atoms with Gasteiger partial charge in [0.05, 0.1) is 17.9 Å². The number of aromatic nitrogens is 2. The quantitative estimate of drug-likeness (QED) is 0.543. The Morgan fingerprint density at radius 1 is 0.880 bits per heavy atom. The maximum absolute atomic E-state index is 4.59. The van der Waals surface area contributed by atoms with Crippen molar-refractivity contribution < 1.29 is 0 Å². The summed E-state index contributed by atoms with van der Waals surface area (Å²) in [6.45, 7) is 2.15. The predicted molar refractivity (Wildman–Crippen MR) is 105 cm³/mol. The van der Waals surface area contributed by atoms with Crippen LogP contribution in [0.4, 0.5) is 5.95 Å². The van der Waals surface area contributed by atoms with E-state index in [1.54, 1.807) is 0 Å². The van der Waals surface area contributed by atoms with Crippen molar-refractivity contribution in [1.29, 1.82) is 0 Å². The second-order valence-electron chi connectivity index (χ2n) is 6.36. The van der Waals surface area contributed by atoms with Gasteiger partial charge in [-0.2, -0.15) is 0 Å². The van der Waals surface area contributed by atoms with Crippen LogP contribution in [0.15, 0.2) is 79.0 Å². The van der Waals surface area contributed by atoms with Crippen LogP contribution in [0.1, 0.15) is 18.5 Å². The molecule has 4 aromatic rings. The van der Waals surface area contributed by atoms with E-state index in [-0.39, 0.29) is 6.04 Å². The first-order chi connectivity index (χ1) is 12.2. The summed E-state index contributed by atoms with van der Waals surface area (Å²) >= 11 is 0. The summed E-state index contributed by atoms with van der Waals surface area (Å²) in [4.78, 5) is 4.59. The van der Waals surface area contributed by atoms with Crippen molar-refractivity contribution in [2.24, 2.45) is 7.05 Å². The van der Waals surface area contributed by atoms with Crippen molar-refractivity contribution >= 4 is 16.7 Å². The first kappa shape index (κ1) is 15.5. The van der Waals surface area contributed by atoms with E-state index in [4.69, 9.17) is 0 Å². The number of fused-ring (bicyclic) bond motifs is 1. The smallest absolute Gasteiger partial charge is 0.203 e. The molecule has 0 bridgehead atoms. The fourth-order valence-corrected chi connectivity index (χ4v) is 3.18. The van der Waals surface area contributed by atoms with Crippen LogP contribution in [-0.4, -0.2) is 9.55 Å². The van der Waals surface area contributed by atoms with E-state index in [9.17, 15) is 0 Å². The Balaban J connectivity index is 1.64. The summed E-state index contributed by atoms with van der Waals surface area (Å²) < 4.78 is 2.11. The molecular weight excluding hydrogens is 306 g/mol. The molecule has 1 aromatic heterocycles. The molecule has 124 valence electrons. The van der Waals surface area contributed by atoms with E-state index >= 15 is 0 Å². The number of anilines is 1. The number of hydrogen-bond acceptors (Lipinski definition) is 2. The molecule has 0 radical (unpaired) electrons. The molecule has 0 fully saturated rings. The lowest BCUT2D eigenvalue weighted by Crippen LogP contribution is -2.10. The Morgan fingerprint density at radius 2 is 1.60 bits per heavy atom. The van der Waals surface area contributed by atoms with Gasteiger partial charge in [0, 0.05) is 12.6 Å². The van der Waals surface area contributed by atoms with Crippen molar-refractivity contribution in [3.05, 3.63) is 84.6 Å². The van der Waals surface area contributed by atoms with Gasteiger partial charge in [0.25, 0.3) is 0 Å². The van der Waals surface area contributed by atoms with Crippen LogP contribution in [0.3, 0.4) is 0 Å². The van der Waals surface area contributed by atoms with Crippen molar-refractivity contribution in [1.82, 2.24) is 9.55 Å². The Labute approximate surface area is 148 Å². The van der Waals surface area contributed by atoms with Gasteiger partial charge in [-0.25, -0.2) is 4.98 Å². The summed E-state index contributed by atoms with van der Waals surface area (Å²) in [5.74, 6) is 0.875. The Kier molecular flexibility index (Phi) is 3.98.